The molecule has 23 heavy (non-hydrogen) atoms. The van der Waals surface area contributed by atoms with Gasteiger partial charge >= 0.3 is 0 Å². The Balaban J connectivity index is 2.01. The molecule has 0 bridgehead atoms. The van der Waals surface area contributed by atoms with Gasteiger partial charge in [0.15, 0.2) is 0 Å². The summed E-state index contributed by atoms with van der Waals surface area (Å²) in [5.74, 6) is 1.37. The molecule has 0 heterocycles. The molecule has 0 aromatic heterocycles. The number of methoxy groups -OCH3 is 2. The van der Waals surface area contributed by atoms with Gasteiger partial charge in [0, 0.05) is 6.20 Å². The van der Waals surface area contributed by atoms with Gasteiger partial charge in [-0.25, -0.2) is 0 Å². The number of nitrogens with two attached hydrogens (primary N) is 1. The molecule has 2 aromatic rings. The highest BCUT2D eigenvalue weighted by Crippen LogP contribution is 2.17. The average Bonchev–Trinajstić information content (AvgIpc) is 2.60. The Labute approximate surface area is 135 Å². The molecule has 0 unspecified atom stereocenters. The van der Waals surface area contributed by atoms with Crippen LogP contribution in [-0.2, 0) is 11.2 Å². The van der Waals surface area contributed by atoms with E-state index in [1.807, 2.05) is 48.5 Å². The number of ether oxygens (including phenoxy) is 2. The van der Waals surface area contributed by atoms with Gasteiger partial charge in [-0.1, -0.05) is 12.1 Å². The summed E-state index contributed by atoms with van der Waals surface area (Å²) in [4.78, 5) is 12.2. The van der Waals surface area contributed by atoms with Crippen LogP contribution in [-0.4, -0.2) is 20.1 Å². The molecular weight excluding hydrogens is 292 g/mol. The molecule has 2 aromatic carbocycles. The molecule has 0 atom stereocenters. The van der Waals surface area contributed by atoms with Crippen LogP contribution in [0, 0.1) is 0 Å². The van der Waals surface area contributed by atoms with Crippen molar-refractivity contribution in [3.8, 4) is 11.5 Å². The third-order valence-electron chi connectivity index (χ3n) is 3.37. The van der Waals surface area contributed by atoms with E-state index in [1.54, 1.807) is 14.2 Å². The van der Waals surface area contributed by atoms with Crippen LogP contribution in [0.15, 0.2) is 54.7 Å². The predicted molar refractivity (Wildman–Crippen MR) is 90.0 cm³/mol. The lowest BCUT2D eigenvalue weighted by atomic mass is 10.1. The molecule has 0 aliphatic rings. The first-order chi connectivity index (χ1) is 11.2. The Kier molecular flexibility index (Phi) is 5.63. The number of benzene rings is 2. The van der Waals surface area contributed by atoms with Crippen LogP contribution in [0.4, 0.5) is 0 Å². The molecule has 5 nitrogen and oxygen atoms in total. The molecule has 0 radical (unpaired) electrons. The number of hydrogen-bond acceptors (Lipinski definition) is 4. The Morgan fingerprint density at radius 2 is 1.52 bits per heavy atom. The molecule has 0 fully saturated rings. The maximum Gasteiger partial charge on any atom is 0.228 e. The standard InChI is InChI=1S/C18H20N2O3/c1-22-15-7-3-13(4-8-15)11-18(21)20-17(12-19)14-5-9-16(23-2)10-6-14/h3-10,12H,11,19H2,1-2H3,(H,20,21). The normalized spacial score (nSPS) is 11.0. The molecule has 120 valence electrons. The van der Waals surface area contributed by atoms with Crippen LogP contribution in [0.5, 0.6) is 11.5 Å². The lowest BCUT2D eigenvalue weighted by Crippen LogP contribution is -2.24. The number of nitrogens with one attached hydrogen (secondary N) is 1. The van der Waals surface area contributed by atoms with Gasteiger partial charge in [-0.3, -0.25) is 4.79 Å². The van der Waals surface area contributed by atoms with E-state index < -0.39 is 0 Å². The van der Waals surface area contributed by atoms with Crippen molar-refractivity contribution in [1.82, 2.24) is 5.32 Å². The van der Waals surface area contributed by atoms with Crippen LogP contribution in [0.3, 0.4) is 0 Å². The Bertz CT molecular complexity index is 676. The van der Waals surface area contributed by atoms with Crippen molar-refractivity contribution in [3.63, 3.8) is 0 Å². The molecule has 5 heteroatoms. The predicted octanol–water partition coefficient (Wildman–Crippen LogP) is 2.32. The topological polar surface area (TPSA) is 73.6 Å². The molecule has 1 amide bonds. The minimum absolute atomic E-state index is 0.136. The van der Waals surface area contributed by atoms with Crippen LogP contribution in [0.2, 0.25) is 0 Å². The first-order valence-corrected chi connectivity index (χ1v) is 7.15. The summed E-state index contributed by atoms with van der Waals surface area (Å²) in [7, 11) is 3.21. The molecule has 0 aliphatic heterocycles. The van der Waals surface area contributed by atoms with Gasteiger partial charge in [0.05, 0.1) is 26.3 Å². The summed E-state index contributed by atoms with van der Waals surface area (Å²) in [5.41, 5.74) is 7.91. The summed E-state index contributed by atoms with van der Waals surface area (Å²) in [6.07, 6.45) is 1.64. The number of hydrogen-bond donors (Lipinski definition) is 2. The maximum absolute atomic E-state index is 12.2. The zero-order valence-electron chi connectivity index (χ0n) is 13.2. The molecule has 0 saturated heterocycles. The van der Waals surface area contributed by atoms with Gasteiger partial charge in [-0.15, -0.1) is 0 Å². The third-order valence-corrected chi connectivity index (χ3v) is 3.37. The first-order valence-electron chi connectivity index (χ1n) is 7.15. The molecule has 0 saturated carbocycles. The Morgan fingerprint density at radius 3 is 2.00 bits per heavy atom. The van der Waals surface area contributed by atoms with Gasteiger partial charge < -0.3 is 20.5 Å². The lowest BCUT2D eigenvalue weighted by molar-refractivity contribution is -0.119. The van der Waals surface area contributed by atoms with Crippen LogP contribution >= 0.6 is 0 Å². The summed E-state index contributed by atoms with van der Waals surface area (Å²) >= 11 is 0. The van der Waals surface area contributed by atoms with E-state index in [9.17, 15) is 4.79 Å². The van der Waals surface area contributed by atoms with Crippen LogP contribution in [0.25, 0.3) is 5.70 Å². The maximum atomic E-state index is 12.2. The van der Waals surface area contributed by atoms with Crippen molar-refractivity contribution in [2.75, 3.05) is 14.2 Å². The average molecular weight is 312 g/mol. The minimum atomic E-state index is -0.136. The van der Waals surface area contributed by atoms with Crippen molar-refractivity contribution in [2.45, 2.75) is 6.42 Å². The van der Waals surface area contributed by atoms with Crippen molar-refractivity contribution in [2.24, 2.45) is 5.73 Å². The summed E-state index contributed by atoms with van der Waals surface area (Å²) in [5, 5.41) is 2.82. The highest BCUT2D eigenvalue weighted by molar-refractivity contribution is 5.88. The number of carbonyl (C=O) groups is 1. The quantitative estimate of drug-likeness (QED) is 0.858. The Hall–Kier alpha value is -2.95. The zero-order valence-corrected chi connectivity index (χ0v) is 13.2. The number of carbonyl (C=O) groups excluding carboxylic acids is 1. The van der Waals surface area contributed by atoms with E-state index in [0.29, 0.717) is 5.70 Å². The number of rotatable bonds is 6. The highest BCUT2D eigenvalue weighted by Gasteiger charge is 2.08. The van der Waals surface area contributed by atoms with E-state index in [4.69, 9.17) is 15.2 Å². The van der Waals surface area contributed by atoms with Gasteiger partial charge in [-0.2, -0.15) is 0 Å². The van der Waals surface area contributed by atoms with Gasteiger partial charge in [0.1, 0.15) is 11.5 Å². The fraction of sp³-hybridized carbons (Fsp3) is 0.167. The van der Waals surface area contributed by atoms with Crippen molar-refractivity contribution in [1.29, 1.82) is 0 Å². The third kappa shape index (κ3) is 4.51. The summed E-state index contributed by atoms with van der Waals surface area (Å²) in [6, 6.07) is 14.7. The SMILES string of the molecule is COc1ccc(CC(=O)NC(=CN)c2ccc(OC)cc2)cc1. The van der Waals surface area contributed by atoms with E-state index in [-0.39, 0.29) is 12.3 Å². The molecule has 0 spiro atoms. The molecular formula is C18H20N2O3. The van der Waals surface area contributed by atoms with Crippen molar-refractivity contribution < 1.29 is 14.3 Å². The monoisotopic (exact) mass is 312 g/mol. The van der Waals surface area contributed by atoms with Crippen molar-refractivity contribution in [3.05, 3.63) is 65.9 Å². The fourth-order valence-corrected chi connectivity index (χ4v) is 2.10. The smallest absolute Gasteiger partial charge is 0.228 e. The van der Waals surface area contributed by atoms with Gasteiger partial charge in [-0.05, 0) is 47.5 Å². The van der Waals surface area contributed by atoms with Crippen LogP contribution < -0.4 is 20.5 Å². The minimum Gasteiger partial charge on any atom is -0.497 e. The second-order valence-corrected chi connectivity index (χ2v) is 4.88. The van der Waals surface area contributed by atoms with E-state index in [0.717, 1.165) is 22.6 Å². The second kappa shape index (κ2) is 7.89. The zero-order chi connectivity index (χ0) is 16.7. The summed E-state index contributed by atoms with van der Waals surface area (Å²) in [6.45, 7) is 0. The van der Waals surface area contributed by atoms with Gasteiger partial charge in [0.25, 0.3) is 0 Å². The molecule has 2 rings (SSSR count). The Morgan fingerprint density at radius 1 is 1.00 bits per heavy atom. The van der Waals surface area contributed by atoms with Gasteiger partial charge in [0.2, 0.25) is 5.91 Å². The molecule has 3 N–H and O–H groups in total. The van der Waals surface area contributed by atoms with E-state index >= 15 is 0 Å². The van der Waals surface area contributed by atoms with Crippen LogP contribution in [0.1, 0.15) is 11.1 Å². The lowest BCUT2D eigenvalue weighted by Gasteiger charge is -2.10. The second-order valence-electron chi connectivity index (χ2n) is 4.88. The largest absolute Gasteiger partial charge is 0.497 e. The molecule has 0 aliphatic carbocycles. The van der Waals surface area contributed by atoms with E-state index in [1.165, 1.54) is 6.20 Å². The number of amides is 1. The fourth-order valence-electron chi connectivity index (χ4n) is 2.10. The first kappa shape index (κ1) is 16.4. The highest BCUT2D eigenvalue weighted by atomic mass is 16.5. The summed E-state index contributed by atoms with van der Waals surface area (Å²) < 4.78 is 10.2. The van der Waals surface area contributed by atoms with E-state index in [2.05, 4.69) is 5.32 Å². The van der Waals surface area contributed by atoms with Crippen molar-refractivity contribution >= 4 is 11.6 Å².